The molecule has 2 bridgehead atoms. The summed E-state index contributed by atoms with van der Waals surface area (Å²) in [5.41, 5.74) is 3.70. The third-order valence-electron chi connectivity index (χ3n) is 4.75. The molecule has 1 aromatic heterocycles. The second-order valence-corrected chi connectivity index (χ2v) is 6.53. The van der Waals surface area contributed by atoms with Gasteiger partial charge in [-0.1, -0.05) is 24.3 Å². The van der Waals surface area contributed by atoms with Gasteiger partial charge in [0.05, 0.1) is 6.10 Å². The molecule has 1 saturated heterocycles. The molecule has 0 saturated carbocycles. The minimum Gasteiger partial charge on any atom is -0.393 e. The summed E-state index contributed by atoms with van der Waals surface area (Å²) in [4.78, 5) is 21.3. The van der Waals surface area contributed by atoms with E-state index in [9.17, 15) is 9.90 Å². The predicted molar refractivity (Wildman–Crippen MR) is 96.5 cm³/mol. The van der Waals surface area contributed by atoms with E-state index in [1.807, 2.05) is 0 Å². The van der Waals surface area contributed by atoms with Crippen molar-refractivity contribution < 1.29 is 9.90 Å². The Labute approximate surface area is 146 Å². The largest absolute Gasteiger partial charge is 0.393 e. The lowest BCUT2D eigenvalue weighted by Crippen LogP contribution is -2.36. The van der Waals surface area contributed by atoms with E-state index in [0.29, 0.717) is 5.82 Å². The average Bonchev–Trinajstić information content (AvgIpc) is 3.38. The van der Waals surface area contributed by atoms with E-state index in [4.69, 9.17) is 0 Å². The number of anilines is 3. The Balaban J connectivity index is 0.000000185. The highest BCUT2D eigenvalue weighted by atomic mass is 16.3. The smallest absolute Gasteiger partial charge is 0.162 e. The Morgan fingerprint density at radius 1 is 1.12 bits per heavy atom. The Bertz CT molecular complexity index is 743. The van der Waals surface area contributed by atoms with Crippen molar-refractivity contribution in [3.8, 4) is 0 Å². The quantitative estimate of drug-likeness (QED) is 0.705. The molecule has 0 amide bonds. The molecule has 25 heavy (non-hydrogen) atoms. The zero-order chi connectivity index (χ0) is 17.2. The molecule has 7 heteroatoms. The number of fused-ring (bicyclic) bond motifs is 3. The number of hydrogen-bond acceptors (Lipinski definition) is 7. The van der Waals surface area contributed by atoms with Gasteiger partial charge >= 0.3 is 0 Å². The van der Waals surface area contributed by atoms with Crippen LogP contribution in [0, 0.1) is 0 Å². The van der Waals surface area contributed by atoms with Gasteiger partial charge in [-0.25, -0.2) is 9.97 Å². The SMILES string of the molecule is C1=CC2=CC=C1C2.O=CC1Nc2ncnc(N3CCC(O)CC3)c2N1. The second kappa shape index (κ2) is 6.68. The molecule has 2 aliphatic carbocycles. The highest BCUT2D eigenvalue weighted by Gasteiger charge is 2.28. The maximum Gasteiger partial charge on any atom is 0.162 e. The number of aromatic nitrogens is 2. The van der Waals surface area contributed by atoms with Gasteiger partial charge in [0.15, 0.2) is 24.1 Å². The van der Waals surface area contributed by atoms with Gasteiger partial charge in [0, 0.05) is 13.1 Å². The van der Waals surface area contributed by atoms with Crippen LogP contribution in [0.15, 0.2) is 41.8 Å². The van der Waals surface area contributed by atoms with Crippen LogP contribution in [0.1, 0.15) is 19.3 Å². The molecule has 5 rings (SSSR count). The van der Waals surface area contributed by atoms with Crippen molar-refractivity contribution in [3.63, 3.8) is 0 Å². The van der Waals surface area contributed by atoms with Crippen LogP contribution < -0.4 is 15.5 Å². The maximum atomic E-state index is 10.8. The van der Waals surface area contributed by atoms with Gasteiger partial charge in [-0.05, 0) is 30.4 Å². The molecule has 0 spiro atoms. The molecule has 1 unspecified atom stereocenters. The summed E-state index contributed by atoms with van der Waals surface area (Å²) in [6, 6.07) is 0. The van der Waals surface area contributed by atoms with Crippen LogP contribution in [0.2, 0.25) is 0 Å². The van der Waals surface area contributed by atoms with Crippen LogP contribution in [0.25, 0.3) is 0 Å². The minimum atomic E-state index is -0.439. The molecule has 3 N–H and O–H groups in total. The molecule has 0 aromatic carbocycles. The summed E-state index contributed by atoms with van der Waals surface area (Å²) < 4.78 is 0. The highest BCUT2D eigenvalue weighted by Crippen LogP contribution is 2.35. The van der Waals surface area contributed by atoms with Crippen molar-refractivity contribution in [3.05, 3.63) is 41.8 Å². The molecule has 7 nitrogen and oxygen atoms in total. The third-order valence-corrected chi connectivity index (χ3v) is 4.75. The first kappa shape index (κ1) is 15.8. The summed E-state index contributed by atoms with van der Waals surface area (Å²) in [5, 5.41) is 15.5. The fourth-order valence-electron chi connectivity index (χ4n) is 3.35. The van der Waals surface area contributed by atoms with Gasteiger partial charge in [0.25, 0.3) is 0 Å². The van der Waals surface area contributed by atoms with E-state index in [1.54, 1.807) is 0 Å². The lowest BCUT2D eigenvalue weighted by molar-refractivity contribution is -0.107. The molecular formula is C18H21N5O2. The number of hydrogen-bond donors (Lipinski definition) is 3. The van der Waals surface area contributed by atoms with Crippen molar-refractivity contribution in [2.75, 3.05) is 28.6 Å². The molecule has 4 aliphatic rings. The number of nitrogens with one attached hydrogen (secondary N) is 2. The molecule has 1 fully saturated rings. The fourth-order valence-corrected chi connectivity index (χ4v) is 3.35. The zero-order valence-corrected chi connectivity index (χ0v) is 13.9. The highest BCUT2D eigenvalue weighted by molar-refractivity contribution is 5.87. The van der Waals surface area contributed by atoms with Crippen LogP contribution in [0.4, 0.5) is 17.3 Å². The first-order chi connectivity index (χ1) is 12.2. The minimum absolute atomic E-state index is 0.218. The van der Waals surface area contributed by atoms with Gasteiger partial charge in [0.2, 0.25) is 0 Å². The maximum absolute atomic E-state index is 10.8. The van der Waals surface area contributed by atoms with E-state index >= 15 is 0 Å². The number of aldehydes is 1. The lowest BCUT2D eigenvalue weighted by Gasteiger charge is -2.31. The first-order valence-corrected chi connectivity index (χ1v) is 8.57. The topological polar surface area (TPSA) is 90.4 Å². The van der Waals surface area contributed by atoms with Crippen LogP contribution in [0.3, 0.4) is 0 Å². The van der Waals surface area contributed by atoms with Crippen LogP contribution in [-0.2, 0) is 4.79 Å². The molecule has 1 aromatic rings. The van der Waals surface area contributed by atoms with Gasteiger partial charge < -0.3 is 20.6 Å². The van der Waals surface area contributed by atoms with E-state index in [2.05, 4.69) is 49.8 Å². The third kappa shape index (κ3) is 3.28. The van der Waals surface area contributed by atoms with E-state index in [-0.39, 0.29) is 6.10 Å². The Morgan fingerprint density at radius 2 is 1.84 bits per heavy atom. The fraction of sp³-hybridized carbons (Fsp3) is 0.389. The summed E-state index contributed by atoms with van der Waals surface area (Å²) in [6.07, 6.45) is 13.0. The Kier molecular flexibility index (Phi) is 4.23. The number of aliphatic hydroxyl groups excluding tert-OH is 1. The van der Waals surface area contributed by atoms with Gasteiger partial charge in [-0.3, -0.25) is 4.79 Å². The van der Waals surface area contributed by atoms with Crippen molar-refractivity contribution in [2.24, 2.45) is 0 Å². The summed E-state index contributed by atoms with van der Waals surface area (Å²) >= 11 is 0. The van der Waals surface area contributed by atoms with Gasteiger partial charge in [-0.2, -0.15) is 0 Å². The standard InChI is InChI=1S/C11H15N5O2.C7H6/c17-5-8-14-9-10(15-8)12-6-13-11(9)16-3-1-7(18)2-4-16;1-2-7-4-3-6(1)5-7/h5-8,14,18H,1-4H2,(H,12,13,15);1-4H,5H2. The van der Waals surface area contributed by atoms with Crippen LogP contribution >= 0.6 is 0 Å². The first-order valence-electron chi connectivity index (χ1n) is 8.57. The summed E-state index contributed by atoms with van der Waals surface area (Å²) in [6.45, 7) is 1.52. The van der Waals surface area contributed by atoms with Gasteiger partial charge in [-0.15, -0.1) is 0 Å². The normalized spacial score (nSPS) is 23.1. The zero-order valence-electron chi connectivity index (χ0n) is 13.9. The molecule has 3 heterocycles. The molecule has 0 radical (unpaired) electrons. The summed E-state index contributed by atoms with van der Waals surface area (Å²) in [7, 11) is 0. The number of rotatable bonds is 2. The molecule has 1 atom stereocenters. The number of nitrogens with zero attached hydrogens (tertiary/aromatic N) is 3. The van der Waals surface area contributed by atoms with Crippen LogP contribution in [-0.4, -0.2) is 46.7 Å². The van der Waals surface area contributed by atoms with Crippen molar-refractivity contribution in [2.45, 2.75) is 31.5 Å². The van der Waals surface area contributed by atoms with Crippen LogP contribution in [0.5, 0.6) is 0 Å². The molecule has 2 aliphatic heterocycles. The monoisotopic (exact) mass is 339 g/mol. The summed E-state index contributed by atoms with van der Waals surface area (Å²) in [5.74, 6) is 1.45. The Hall–Kier alpha value is -2.67. The molecule has 130 valence electrons. The van der Waals surface area contributed by atoms with E-state index in [0.717, 1.165) is 43.7 Å². The van der Waals surface area contributed by atoms with Crippen molar-refractivity contribution in [1.29, 1.82) is 0 Å². The second-order valence-electron chi connectivity index (χ2n) is 6.53. The number of piperidine rings is 1. The lowest BCUT2D eigenvalue weighted by atomic mass is 10.1. The number of aliphatic hydroxyl groups is 1. The van der Waals surface area contributed by atoms with Crippen molar-refractivity contribution >= 4 is 23.6 Å². The predicted octanol–water partition coefficient (Wildman–Crippen LogP) is 1.61. The number of allylic oxidation sites excluding steroid dienone is 6. The average molecular weight is 339 g/mol. The van der Waals surface area contributed by atoms with E-state index < -0.39 is 6.17 Å². The molecular weight excluding hydrogens is 318 g/mol. The number of carbonyl (C=O) groups is 1. The Morgan fingerprint density at radius 3 is 2.40 bits per heavy atom. The van der Waals surface area contributed by atoms with Gasteiger partial charge in [0.1, 0.15) is 12.0 Å². The number of carbonyl (C=O) groups excluding carboxylic acids is 1. The van der Waals surface area contributed by atoms with E-state index in [1.165, 1.54) is 23.9 Å². The van der Waals surface area contributed by atoms with Crippen molar-refractivity contribution in [1.82, 2.24) is 9.97 Å².